The van der Waals surface area contributed by atoms with E-state index in [0.717, 1.165) is 12.8 Å². The Balaban J connectivity index is 1.63. The molecule has 0 aliphatic carbocycles. The third-order valence-corrected chi connectivity index (χ3v) is 4.56. The van der Waals surface area contributed by atoms with Gasteiger partial charge in [-0.3, -0.25) is 4.79 Å². The Morgan fingerprint density at radius 1 is 1.28 bits per heavy atom. The standard InChI is InChI=1S/C18H21N3O4/c1-11(2)17-19-16(20-25-17)13-6-4-8-21(13)18(22)12-5-3-7-14-15(12)24-10-9-23-14/h3,5,7,11,13H,4,6,8-10H2,1-2H3/t13-/m1/s1. The Hall–Kier alpha value is -2.57. The average Bonchev–Trinajstić information content (AvgIpc) is 3.29. The number of carbonyl (C=O) groups excluding carboxylic acids is 1. The highest BCUT2D eigenvalue weighted by molar-refractivity contribution is 5.98. The summed E-state index contributed by atoms with van der Waals surface area (Å²) in [5.74, 6) is 2.41. The lowest BCUT2D eigenvalue weighted by molar-refractivity contribution is 0.0718. The van der Waals surface area contributed by atoms with Crippen molar-refractivity contribution in [2.75, 3.05) is 19.8 Å². The first-order valence-electron chi connectivity index (χ1n) is 8.68. The van der Waals surface area contributed by atoms with Crippen molar-refractivity contribution in [1.29, 1.82) is 0 Å². The Morgan fingerprint density at radius 3 is 2.92 bits per heavy atom. The lowest BCUT2D eigenvalue weighted by Gasteiger charge is -2.25. The molecule has 3 heterocycles. The van der Waals surface area contributed by atoms with Gasteiger partial charge in [0.2, 0.25) is 5.89 Å². The molecule has 0 radical (unpaired) electrons. The van der Waals surface area contributed by atoms with E-state index in [4.69, 9.17) is 14.0 Å². The molecule has 7 nitrogen and oxygen atoms in total. The molecule has 0 unspecified atom stereocenters. The van der Waals surface area contributed by atoms with Gasteiger partial charge in [0.1, 0.15) is 13.2 Å². The van der Waals surface area contributed by atoms with E-state index in [2.05, 4.69) is 10.1 Å². The highest BCUT2D eigenvalue weighted by Gasteiger charge is 2.36. The van der Waals surface area contributed by atoms with Crippen LogP contribution in [-0.2, 0) is 0 Å². The maximum atomic E-state index is 13.1. The molecule has 1 saturated heterocycles. The number of benzene rings is 1. The molecule has 1 atom stereocenters. The van der Waals surface area contributed by atoms with Crippen LogP contribution in [0.1, 0.15) is 60.7 Å². The van der Waals surface area contributed by atoms with E-state index in [1.807, 2.05) is 30.9 Å². The quantitative estimate of drug-likeness (QED) is 0.853. The monoisotopic (exact) mass is 343 g/mol. The van der Waals surface area contributed by atoms with Crippen molar-refractivity contribution in [2.24, 2.45) is 0 Å². The van der Waals surface area contributed by atoms with Crippen molar-refractivity contribution in [3.8, 4) is 11.5 Å². The summed E-state index contributed by atoms with van der Waals surface area (Å²) >= 11 is 0. The molecule has 7 heteroatoms. The fourth-order valence-corrected chi connectivity index (χ4v) is 3.29. The van der Waals surface area contributed by atoms with Gasteiger partial charge in [-0.1, -0.05) is 25.1 Å². The molecule has 1 aromatic heterocycles. The van der Waals surface area contributed by atoms with Gasteiger partial charge in [0.15, 0.2) is 17.3 Å². The highest BCUT2D eigenvalue weighted by Crippen LogP contribution is 2.38. The van der Waals surface area contributed by atoms with Gasteiger partial charge in [0.25, 0.3) is 5.91 Å². The number of amides is 1. The molecular formula is C18H21N3O4. The van der Waals surface area contributed by atoms with Gasteiger partial charge in [-0.05, 0) is 25.0 Å². The van der Waals surface area contributed by atoms with Gasteiger partial charge < -0.3 is 18.9 Å². The lowest BCUT2D eigenvalue weighted by atomic mass is 10.1. The fraction of sp³-hybridized carbons (Fsp3) is 0.500. The molecule has 1 fully saturated rings. The van der Waals surface area contributed by atoms with Crippen molar-refractivity contribution in [3.63, 3.8) is 0 Å². The number of ether oxygens (including phenoxy) is 2. The summed E-state index contributed by atoms with van der Waals surface area (Å²) in [5.41, 5.74) is 0.525. The molecule has 4 rings (SSSR count). The Bertz CT molecular complexity index is 786. The zero-order valence-electron chi connectivity index (χ0n) is 14.4. The Labute approximate surface area is 145 Å². The van der Waals surface area contributed by atoms with E-state index in [-0.39, 0.29) is 17.9 Å². The first kappa shape index (κ1) is 15.9. The van der Waals surface area contributed by atoms with Crippen LogP contribution in [0.4, 0.5) is 0 Å². The molecule has 2 aliphatic heterocycles. The summed E-state index contributed by atoms with van der Waals surface area (Å²) in [6.07, 6.45) is 1.74. The van der Waals surface area contributed by atoms with E-state index < -0.39 is 0 Å². The van der Waals surface area contributed by atoms with Crippen LogP contribution < -0.4 is 9.47 Å². The zero-order chi connectivity index (χ0) is 17.4. The minimum atomic E-state index is -0.163. The number of hydrogen-bond acceptors (Lipinski definition) is 6. The number of rotatable bonds is 3. The molecule has 25 heavy (non-hydrogen) atoms. The minimum Gasteiger partial charge on any atom is -0.486 e. The number of para-hydroxylation sites is 1. The molecule has 0 saturated carbocycles. The average molecular weight is 343 g/mol. The second kappa shape index (κ2) is 6.38. The third kappa shape index (κ3) is 2.83. The molecule has 0 bridgehead atoms. The summed E-state index contributed by atoms with van der Waals surface area (Å²) in [7, 11) is 0. The van der Waals surface area contributed by atoms with Crippen molar-refractivity contribution in [2.45, 2.75) is 38.6 Å². The molecule has 132 valence electrons. The van der Waals surface area contributed by atoms with Crippen LogP contribution in [0.15, 0.2) is 22.7 Å². The molecule has 1 amide bonds. The topological polar surface area (TPSA) is 77.7 Å². The van der Waals surface area contributed by atoms with Crippen molar-refractivity contribution < 1.29 is 18.8 Å². The molecule has 0 spiro atoms. The van der Waals surface area contributed by atoms with Gasteiger partial charge in [0.05, 0.1) is 11.6 Å². The lowest BCUT2D eigenvalue weighted by Crippen LogP contribution is -2.32. The highest BCUT2D eigenvalue weighted by atomic mass is 16.6. The summed E-state index contributed by atoms with van der Waals surface area (Å²) in [6.45, 7) is 5.62. The molecule has 2 aliphatic rings. The SMILES string of the molecule is CC(C)c1nc([C@H]2CCCN2C(=O)c2cccc3c2OCCO3)no1. The van der Waals surface area contributed by atoms with Crippen LogP contribution >= 0.6 is 0 Å². The molecular weight excluding hydrogens is 322 g/mol. The molecule has 0 N–H and O–H groups in total. The van der Waals surface area contributed by atoms with E-state index in [0.29, 0.717) is 48.5 Å². The van der Waals surface area contributed by atoms with Crippen LogP contribution in [0, 0.1) is 0 Å². The Kier molecular flexibility index (Phi) is 4.07. The second-order valence-corrected chi connectivity index (χ2v) is 6.63. The third-order valence-electron chi connectivity index (χ3n) is 4.56. The van der Waals surface area contributed by atoms with Crippen molar-refractivity contribution in [1.82, 2.24) is 15.0 Å². The summed E-state index contributed by atoms with van der Waals surface area (Å²) < 4.78 is 16.6. The number of hydrogen-bond donors (Lipinski definition) is 0. The van der Waals surface area contributed by atoms with Gasteiger partial charge >= 0.3 is 0 Å². The first-order chi connectivity index (χ1) is 12.1. The van der Waals surface area contributed by atoms with Crippen LogP contribution in [0.25, 0.3) is 0 Å². The Morgan fingerprint density at radius 2 is 2.12 bits per heavy atom. The predicted octanol–water partition coefficient (Wildman–Crippen LogP) is 2.94. The summed E-state index contributed by atoms with van der Waals surface area (Å²) in [5, 5.41) is 4.10. The van der Waals surface area contributed by atoms with Gasteiger partial charge in [-0.25, -0.2) is 0 Å². The molecule has 2 aromatic rings. The maximum absolute atomic E-state index is 13.1. The van der Waals surface area contributed by atoms with Crippen molar-refractivity contribution >= 4 is 5.91 Å². The van der Waals surface area contributed by atoms with Crippen LogP contribution in [0.2, 0.25) is 0 Å². The number of aromatic nitrogens is 2. The maximum Gasteiger partial charge on any atom is 0.258 e. The second-order valence-electron chi connectivity index (χ2n) is 6.63. The van der Waals surface area contributed by atoms with Gasteiger partial charge in [-0.15, -0.1) is 0 Å². The number of likely N-dealkylation sites (tertiary alicyclic amines) is 1. The van der Waals surface area contributed by atoms with Gasteiger partial charge in [0, 0.05) is 12.5 Å². The largest absolute Gasteiger partial charge is 0.486 e. The summed E-state index contributed by atoms with van der Waals surface area (Å²) in [4.78, 5) is 19.4. The predicted molar refractivity (Wildman–Crippen MR) is 88.8 cm³/mol. The first-order valence-corrected chi connectivity index (χ1v) is 8.68. The van der Waals surface area contributed by atoms with E-state index in [1.54, 1.807) is 6.07 Å². The van der Waals surface area contributed by atoms with Crippen LogP contribution in [0.5, 0.6) is 11.5 Å². The fourth-order valence-electron chi connectivity index (χ4n) is 3.29. The van der Waals surface area contributed by atoms with Crippen LogP contribution in [-0.4, -0.2) is 40.7 Å². The van der Waals surface area contributed by atoms with Gasteiger partial charge in [-0.2, -0.15) is 4.98 Å². The zero-order valence-corrected chi connectivity index (χ0v) is 14.4. The smallest absolute Gasteiger partial charge is 0.258 e. The number of fused-ring (bicyclic) bond motifs is 1. The van der Waals surface area contributed by atoms with E-state index in [1.165, 1.54) is 0 Å². The summed E-state index contributed by atoms with van der Waals surface area (Å²) in [6, 6.07) is 5.25. The minimum absolute atomic E-state index is 0.0826. The molecule has 1 aromatic carbocycles. The van der Waals surface area contributed by atoms with Crippen LogP contribution in [0.3, 0.4) is 0 Å². The number of nitrogens with zero attached hydrogens (tertiary/aromatic N) is 3. The van der Waals surface area contributed by atoms with E-state index in [9.17, 15) is 4.79 Å². The normalized spacial score (nSPS) is 19.5. The number of carbonyl (C=O) groups is 1. The van der Waals surface area contributed by atoms with E-state index >= 15 is 0 Å². The van der Waals surface area contributed by atoms with Crippen molar-refractivity contribution in [3.05, 3.63) is 35.5 Å².